The quantitative estimate of drug-likeness (QED) is 0.301. The average molecular weight is 598 g/mol. The first-order valence-electron chi connectivity index (χ1n) is 13.8. The number of halogens is 1. The first-order valence-corrected chi connectivity index (χ1v) is 15.6. The maximum atomic E-state index is 14.5. The number of carbonyl (C=O) groups is 2. The molecule has 0 radical (unpaired) electrons. The van der Waals surface area contributed by atoms with Gasteiger partial charge in [-0.05, 0) is 62.6 Å². The first kappa shape index (κ1) is 32.6. The number of benzene rings is 3. The number of ether oxygens (including phenoxy) is 1. The van der Waals surface area contributed by atoms with Gasteiger partial charge in [-0.2, -0.15) is 0 Å². The van der Waals surface area contributed by atoms with Crippen LogP contribution >= 0.6 is 0 Å². The second-order valence-corrected chi connectivity index (χ2v) is 13.1. The zero-order valence-electron chi connectivity index (χ0n) is 24.8. The van der Waals surface area contributed by atoms with Crippen molar-refractivity contribution in [3.63, 3.8) is 0 Å². The van der Waals surface area contributed by atoms with Gasteiger partial charge in [-0.3, -0.25) is 13.9 Å². The number of anilines is 1. The van der Waals surface area contributed by atoms with Gasteiger partial charge in [0.2, 0.25) is 21.8 Å². The normalized spacial score (nSPS) is 12.3. The van der Waals surface area contributed by atoms with Gasteiger partial charge in [0, 0.05) is 31.5 Å². The molecule has 1 N–H and O–H groups in total. The summed E-state index contributed by atoms with van der Waals surface area (Å²) in [5.41, 5.74) is 1.05. The number of hydrogen-bond donors (Lipinski definition) is 1. The third kappa shape index (κ3) is 9.58. The molecule has 3 aromatic rings. The van der Waals surface area contributed by atoms with Crippen LogP contribution in [0.5, 0.6) is 5.75 Å². The molecule has 2 amide bonds. The molecule has 0 aliphatic rings. The van der Waals surface area contributed by atoms with Crippen molar-refractivity contribution in [1.29, 1.82) is 0 Å². The fourth-order valence-corrected chi connectivity index (χ4v) is 5.58. The minimum atomic E-state index is -3.82. The van der Waals surface area contributed by atoms with Gasteiger partial charge in [-0.15, -0.1) is 0 Å². The highest BCUT2D eigenvalue weighted by molar-refractivity contribution is 7.92. The number of rotatable bonds is 13. The average Bonchev–Trinajstić information content (AvgIpc) is 2.92. The summed E-state index contributed by atoms with van der Waals surface area (Å²) in [6.07, 6.45) is 1.35. The SMILES string of the molecule is COc1cccc(CN(C(=O)CCCN(c2ccccc2F)S(C)(=O)=O)[C@@H](Cc2ccccc2)C(=O)NC(C)(C)C)c1. The summed E-state index contributed by atoms with van der Waals surface area (Å²) >= 11 is 0. The second-order valence-electron chi connectivity index (χ2n) is 11.2. The lowest BCUT2D eigenvalue weighted by Crippen LogP contribution is -2.54. The van der Waals surface area contributed by atoms with Crippen molar-refractivity contribution in [2.75, 3.05) is 24.2 Å². The third-order valence-corrected chi connectivity index (χ3v) is 7.71. The molecule has 0 bridgehead atoms. The molecule has 0 aliphatic carbocycles. The lowest BCUT2D eigenvalue weighted by atomic mass is 10.00. The predicted octanol–water partition coefficient (Wildman–Crippen LogP) is 4.94. The summed E-state index contributed by atoms with van der Waals surface area (Å²) in [7, 11) is -2.26. The number of sulfonamides is 1. The van der Waals surface area contributed by atoms with Crippen LogP contribution in [0.25, 0.3) is 0 Å². The molecular weight excluding hydrogens is 557 g/mol. The molecule has 1 atom stereocenters. The number of hydrogen-bond acceptors (Lipinski definition) is 5. The van der Waals surface area contributed by atoms with Gasteiger partial charge in [0.1, 0.15) is 17.6 Å². The number of para-hydroxylation sites is 1. The van der Waals surface area contributed by atoms with Gasteiger partial charge in [-0.1, -0.05) is 54.6 Å². The van der Waals surface area contributed by atoms with E-state index in [1.807, 2.05) is 69.3 Å². The molecule has 0 aliphatic heterocycles. The molecule has 226 valence electrons. The highest BCUT2D eigenvalue weighted by Gasteiger charge is 2.32. The minimum absolute atomic E-state index is 0.0570. The molecule has 0 unspecified atom stereocenters. The molecule has 0 fully saturated rings. The Bertz CT molecular complexity index is 1460. The summed E-state index contributed by atoms with van der Waals surface area (Å²) in [6, 6.07) is 21.5. The molecule has 0 saturated heterocycles. The Balaban J connectivity index is 1.93. The lowest BCUT2D eigenvalue weighted by molar-refractivity contribution is -0.142. The molecule has 0 heterocycles. The Hall–Kier alpha value is -3.92. The molecule has 0 spiro atoms. The third-order valence-electron chi connectivity index (χ3n) is 6.53. The maximum Gasteiger partial charge on any atom is 0.243 e. The van der Waals surface area contributed by atoms with Crippen LogP contribution in [0.1, 0.15) is 44.7 Å². The van der Waals surface area contributed by atoms with Crippen molar-refractivity contribution in [1.82, 2.24) is 10.2 Å². The van der Waals surface area contributed by atoms with E-state index in [0.29, 0.717) is 5.75 Å². The standard InChI is InChI=1S/C32H40FN3O5S/c1-32(2,3)34-31(38)29(22-24-13-7-6-8-14-24)35(23-25-15-11-16-26(21-25)41-4)30(37)19-12-20-36(42(5,39)40)28-18-10-9-17-27(28)33/h6-11,13-18,21,29H,12,19-20,22-23H2,1-5H3,(H,34,38)/t29-/m0/s1. The zero-order chi connectivity index (χ0) is 30.9. The van der Waals surface area contributed by atoms with E-state index in [1.54, 1.807) is 19.2 Å². The number of amides is 2. The van der Waals surface area contributed by atoms with Crippen LogP contribution in [-0.2, 0) is 32.6 Å². The summed E-state index contributed by atoms with van der Waals surface area (Å²) < 4.78 is 45.9. The van der Waals surface area contributed by atoms with E-state index in [9.17, 15) is 22.4 Å². The highest BCUT2D eigenvalue weighted by Crippen LogP contribution is 2.23. The van der Waals surface area contributed by atoms with Gasteiger partial charge in [0.05, 0.1) is 19.1 Å². The smallest absolute Gasteiger partial charge is 0.243 e. The van der Waals surface area contributed by atoms with Gasteiger partial charge in [0.15, 0.2) is 0 Å². The fraction of sp³-hybridized carbons (Fsp3) is 0.375. The van der Waals surface area contributed by atoms with Crippen LogP contribution in [0, 0.1) is 5.82 Å². The first-order chi connectivity index (χ1) is 19.8. The summed E-state index contributed by atoms with van der Waals surface area (Å²) in [6.45, 7) is 5.66. The number of methoxy groups -OCH3 is 1. The van der Waals surface area contributed by atoms with E-state index in [-0.39, 0.29) is 49.9 Å². The Morgan fingerprint density at radius 3 is 2.21 bits per heavy atom. The number of carbonyl (C=O) groups excluding carboxylic acids is 2. The minimum Gasteiger partial charge on any atom is -0.497 e. The largest absolute Gasteiger partial charge is 0.497 e. The lowest BCUT2D eigenvalue weighted by Gasteiger charge is -2.34. The van der Waals surface area contributed by atoms with Crippen LogP contribution in [0.2, 0.25) is 0 Å². The van der Waals surface area contributed by atoms with Crippen LogP contribution in [0.3, 0.4) is 0 Å². The summed E-state index contributed by atoms with van der Waals surface area (Å²) in [5.74, 6) is -0.681. The van der Waals surface area contributed by atoms with E-state index < -0.39 is 27.4 Å². The molecule has 8 nitrogen and oxygen atoms in total. The van der Waals surface area contributed by atoms with E-state index in [4.69, 9.17) is 4.74 Å². The van der Waals surface area contributed by atoms with Crippen molar-refractivity contribution in [2.45, 2.75) is 58.2 Å². The predicted molar refractivity (Wildman–Crippen MR) is 163 cm³/mol. The Morgan fingerprint density at radius 1 is 0.952 bits per heavy atom. The van der Waals surface area contributed by atoms with Gasteiger partial charge >= 0.3 is 0 Å². The topological polar surface area (TPSA) is 96.0 Å². The van der Waals surface area contributed by atoms with Crippen LogP contribution in [-0.4, -0.2) is 56.6 Å². The molecular formula is C32H40FN3O5S. The van der Waals surface area contributed by atoms with Crippen molar-refractivity contribution >= 4 is 27.5 Å². The molecule has 0 saturated carbocycles. The van der Waals surface area contributed by atoms with Crippen molar-refractivity contribution in [3.8, 4) is 5.75 Å². The summed E-state index contributed by atoms with van der Waals surface area (Å²) in [5, 5.41) is 3.02. The van der Waals surface area contributed by atoms with E-state index in [1.165, 1.54) is 23.1 Å². The van der Waals surface area contributed by atoms with Crippen molar-refractivity contribution in [2.24, 2.45) is 0 Å². The van der Waals surface area contributed by atoms with Crippen molar-refractivity contribution in [3.05, 3.63) is 95.8 Å². The van der Waals surface area contributed by atoms with Crippen LogP contribution < -0.4 is 14.4 Å². The van der Waals surface area contributed by atoms with Gasteiger partial charge in [-0.25, -0.2) is 12.8 Å². The summed E-state index contributed by atoms with van der Waals surface area (Å²) in [4.78, 5) is 29.1. The van der Waals surface area contributed by atoms with Crippen LogP contribution in [0.4, 0.5) is 10.1 Å². The number of nitrogens with one attached hydrogen (secondary N) is 1. The molecule has 3 rings (SSSR count). The monoisotopic (exact) mass is 597 g/mol. The Kier molecular flexibility index (Phi) is 11.1. The molecule has 3 aromatic carbocycles. The maximum absolute atomic E-state index is 14.5. The fourth-order valence-electron chi connectivity index (χ4n) is 4.61. The van der Waals surface area contributed by atoms with Crippen LogP contribution in [0.15, 0.2) is 78.9 Å². The Labute approximate surface area is 248 Å². The van der Waals surface area contributed by atoms with Gasteiger partial charge < -0.3 is 15.0 Å². The van der Waals surface area contributed by atoms with E-state index >= 15 is 0 Å². The second kappa shape index (κ2) is 14.3. The molecule has 0 aromatic heterocycles. The van der Waals surface area contributed by atoms with Crippen molar-refractivity contribution < 1.29 is 27.1 Å². The Morgan fingerprint density at radius 2 is 1.60 bits per heavy atom. The van der Waals surface area contributed by atoms with Gasteiger partial charge in [0.25, 0.3) is 0 Å². The van der Waals surface area contributed by atoms with E-state index in [2.05, 4.69) is 5.32 Å². The molecule has 10 heteroatoms. The van der Waals surface area contributed by atoms with E-state index in [0.717, 1.165) is 21.7 Å². The highest BCUT2D eigenvalue weighted by atomic mass is 32.2. The molecule has 42 heavy (non-hydrogen) atoms. The number of nitrogens with zero attached hydrogens (tertiary/aromatic N) is 2. The zero-order valence-corrected chi connectivity index (χ0v) is 25.7.